The highest BCUT2D eigenvalue weighted by molar-refractivity contribution is 5.91. The molecule has 108 valence electrons. The normalized spacial score (nSPS) is 10.7. The molecule has 0 bridgehead atoms. The summed E-state index contributed by atoms with van der Waals surface area (Å²) in [6.45, 7) is 0. The summed E-state index contributed by atoms with van der Waals surface area (Å²) in [7, 11) is 1.38. The molecule has 0 saturated carbocycles. The quantitative estimate of drug-likeness (QED) is 0.453. The Morgan fingerprint density at radius 3 is 2.71 bits per heavy atom. The second kappa shape index (κ2) is 5.77. The van der Waals surface area contributed by atoms with Gasteiger partial charge in [-0.3, -0.25) is 19.7 Å². The molecule has 2 rings (SSSR count). The van der Waals surface area contributed by atoms with Gasteiger partial charge in [0.1, 0.15) is 0 Å². The van der Waals surface area contributed by atoms with Crippen LogP contribution in [0.15, 0.2) is 34.2 Å². The number of H-pyrrole nitrogens is 1. The van der Waals surface area contributed by atoms with Crippen LogP contribution < -0.4 is 10.9 Å². The van der Waals surface area contributed by atoms with Gasteiger partial charge in [0.15, 0.2) is 0 Å². The van der Waals surface area contributed by atoms with E-state index >= 15 is 0 Å². The third-order valence-corrected chi connectivity index (χ3v) is 2.52. The van der Waals surface area contributed by atoms with Crippen molar-refractivity contribution in [1.82, 2.24) is 20.4 Å². The molecule has 1 amide bonds. The Labute approximate surface area is 117 Å². The van der Waals surface area contributed by atoms with Crippen LogP contribution in [-0.2, 0) is 0 Å². The van der Waals surface area contributed by atoms with Crippen LogP contribution in [0.4, 0.5) is 5.69 Å². The van der Waals surface area contributed by atoms with Gasteiger partial charge >= 0.3 is 5.56 Å². The molecule has 0 unspecified atom stereocenters. The Bertz CT molecular complexity index is 758. The summed E-state index contributed by atoms with van der Waals surface area (Å²) >= 11 is 0. The Morgan fingerprint density at radius 1 is 1.48 bits per heavy atom. The van der Waals surface area contributed by atoms with Crippen LogP contribution >= 0.6 is 0 Å². The molecule has 0 aliphatic heterocycles. The van der Waals surface area contributed by atoms with Gasteiger partial charge in [0, 0.05) is 19.2 Å². The third kappa shape index (κ3) is 3.00. The highest BCUT2D eigenvalue weighted by atomic mass is 16.6. The van der Waals surface area contributed by atoms with E-state index in [4.69, 9.17) is 0 Å². The first-order chi connectivity index (χ1) is 10.0. The van der Waals surface area contributed by atoms with Crippen LogP contribution in [0.5, 0.6) is 0 Å². The van der Waals surface area contributed by atoms with Crippen molar-refractivity contribution >= 4 is 17.8 Å². The first kappa shape index (κ1) is 14.1. The number of aromatic nitrogens is 3. The molecule has 0 aliphatic carbocycles. The van der Waals surface area contributed by atoms with Crippen LogP contribution in [0.25, 0.3) is 0 Å². The summed E-state index contributed by atoms with van der Waals surface area (Å²) in [5.41, 5.74) is -0.512. The summed E-state index contributed by atoms with van der Waals surface area (Å²) in [5, 5.41) is 22.4. The second-order valence-corrected chi connectivity index (χ2v) is 3.85. The van der Waals surface area contributed by atoms with Crippen molar-refractivity contribution in [2.75, 3.05) is 7.05 Å². The number of amides is 1. The number of carbonyl (C=O) groups is 1. The molecule has 0 radical (unpaired) electrons. The summed E-state index contributed by atoms with van der Waals surface area (Å²) in [6.07, 6.45) is 1.30. The Balaban J connectivity index is 2.22. The van der Waals surface area contributed by atoms with Crippen LogP contribution in [0.2, 0.25) is 0 Å². The van der Waals surface area contributed by atoms with Crippen LogP contribution in [0.1, 0.15) is 16.1 Å². The van der Waals surface area contributed by atoms with Crippen molar-refractivity contribution in [2.24, 2.45) is 5.10 Å². The lowest BCUT2D eigenvalue weighted by atomic mass is 10.2. The van der Waals surface area contributed by atoms with E-state index in [1.54, 1.807) is 0 Å². The second-order valence-electron chi connectivity index (χ2n) is 3.85. The van der Waals surface area contributed by atoms with Gasteiger partial charge in [-0.1, -0.05) is 0 Å². The number of benzene rings is 1. The SMILES string of the molecule is CNC(=O)c1n[nH]n(/N=C/c2ccc([N+](=O)[O-])cc2)c1=O. The van der Waals surface area contributed by atoms with E-state index in [9.17, 15) is 19.7 Å². The zero-order valence-electron chi connectivity index (χ0n) is 10.8. The Kier molecular flexibility index (Phi) is 3.88. The molecule has 0 aliphatic rings. The summed E-state index contributed by atoms with van der Waals surface area (Å²) < 4.78 is 0. The Hall–Kier alpha value is -3.30. The minimum atomic E-state index is -0.701. The standard InChI is InChI=1S/C11H10N6O4/c1-12-10(18)9-11(19)16(15-14-9)13-6-7-2-4-8(5-3-7)17(20)21/h2-6,15H,1H3,(H,12,18)/b13-6+. The number of nitrogens with one attached hydrogen (secondary N) is 2. The highest BCUT2D eigenvalue weighted by Gasteiger charge is 2.14. The first-order valence-electron chi connectivity index (χ1n) is 5.71. The van der Waals surface area contributed by atoms with E-state index in [2.05, 4.69) is 20.7 Å². The topological polar surface area (TPSA) is 135 Å². The molecule has 2 N–H and O–H groups in total. The zero-order chi connectivity index (χ0) is 15.4. The van der Waals surface area contributed by atoms with Crippen molar-refractivity contribution < 1.29 is 9.72 Å². The number of rotatable bonds is 4. The van der Waals surface area contributed by atoms with Gasteiger partial charge in [-0.05, 0) is 17.7 Å². The van der Waals surface area contributed by atoms with Gasteiger partial charge in [-0.25, -0.2) is 0 Å². The lowest BCUT2D eigenvalue weighted by Gasteiger charge is -1.93. The summed E-state index contributed by atoms with van der Waals surface area (Å²) in [6, 6.07) is 5.57. The molecule has 0 atom stereocenters. The maximum atomic E-state index is 11.7. The number of nitro benzene ring substituents is 1. The van der Waals surface area contributed by atoms with E-state index in [-0.39, 0.29) is 11.4 Å². The van der Waals surface area contributed by atoms with Crippen LogP contribution in [0, 0.1) is 10.1 Å². The van der Waals surface area contributed by atoms with Crippen molar-refractivity contribution in [2.45, 2.75) is 0 Å². The average molecular weight is 290 g/mol. The number of carbonyl (C=O) groups excluding carboxylic acids is 1. The third-order valence-electron chi connectivity index (χ3n) is 2.52. The van der Waals surface area contributed by atoms with Gasteiger partial charge < -0.3 is 5.32 Å². The average Bonchev–Trinajstić information content (AvgIpc) is 2.86. The molecule has 2 aromatic rings. The molecule has 0 fully saturated rings. The molecule has 0 spiro atoms. The summed E-state index contributed by atoms with van der Waals surface area (Å²) in [5.74, 6) is -0.625. The molecule has 10 nitrogen and oxygen atoms in total. The number of non-ortho nitro benzene ring substituents is 1. The van der Waals surface area contributed by atoms with Gasteiger partial charge in [-0.2, -0.15) is 10.3 Å². The Morgan fingerprint density at radius 2 is 2.14 bits per heavy atom. The molecule has 21 heavy (non-hydrogen) atoms. The van der Waals surface area contributed by atoms with E-state index in [0.29, 0.717) is 5.56 Å². The van der Waals surface area contributed by atoms with Gasteiger partial charge in [0.05, 0.1) is 11.1 Å². The van der Waals surface area contributed by atoms with E-state index in [0.717, 1.165) is 4.79 Å². The van der Waals surface area contributed by atoms with E-state index in [1.807, 2.05) is 0 Å². The first-order valence-corrected chi connectivity index (χ1v) is 5.71. The number of hydrogen-bond acceptors (Lipinski definition) is 6. The van der Waals surface area contributed by atoms with Crippen molar-refractivity contribution in [1.29, 1.82) is 0 Å². The predicted molar refractivity (Wildman–Crippen MR) is 72.3 cm³/mol. The lowest BCUT2D eigenvalue weighted by Crippen LogP contribution is -2.26. The zero-order valence-corrected chi connectivity index (χ0v) is 10.8. The van der Waals surface area contributed by atoms with Gasteiger partial charge in [-0.15, -0.1) is 9.89 Å². The fraction of sp³-hybridized carbons (Fsp3) is 0.0909. The molecular weight excluding hydrogens is 280 g/mol. The van der Waals surface area contributed by atoms with Gasteiger partial charge in [0.25, 0.3) is 11.6 Å². The lowest BCUT2D eigenvalue weighted by molar-refractivity contribution is -0.384. The number of aromatic amines is 1. The highest BCUT2D eigenvalue weighted by Crippen LogP contribution is 2.10. The maximum Gasteiger partial charge on any atom is 0.320 e. The number of hydrogen-bond donors (Lipinski definition) is 2. The van der Waals surface area contributed by atoms with Gasteiger partial charge in [0.2, 0.25) is 5.69 Å². The smallest absolute Gasteiger partial charge is 0.320 e. The van der Waals surface area contributed by atoms with Crippen molar-refractivity contribution in [3.63, 3.8) is 0 Å². The number of nitro groups is 1. The van der Waals surface area contributed by atoms with Crippen LogP contribution in [0.3, 0.4) is 0 Å². The molecule has 1 aromatic carbocycles. The van der Waals surface area contributed by atoms with E-state index in [1.165, 1.54) is 37.5 Å². The maximum absolute atomic E-state index is 11.7. The van der Waals surface area contributed by atoms with Crippen LogP contribution in [-0.4, -0.2) is 39.2 Å². The van der Waals surface area contributed by atoms with Crippen molar-refractivity contribution in [3.05, 3.63) is 56.0 Å². The predicted octanol–water partition coefficient (Wildman–Crippen LogP) is -0.279. The number of nitrogens with zero attached hydrogens (tertiary/aromatic N) is 4. The molecule has 1 heterocycles. The van der Waals surface area contributed by atoms with Crippen molar-refractivity contribution in [3.8, 4) is 0 Å². The van der Waals surface area contributed by atoms with E-state index < -0.39 is 16.4 Å². The molecule has 1 aromatic heterocycles. The molecule has 10 heteroatoms. The monoisotopic (exact) mass is 290 g/mol. The fourth-order valence-electron chi connectivity index (χ4n) is 1.44. The largest absolute Gasteiger partial charge is 0.354 e. The molecular formula is C11H10N6O4. The molecule has 0 saturated heterocycles. The minimum absolute atomic E-state index is 0.0484. The summed E-state index contributed by atoms with van der Waals surface area (Å²) in [4.78, 5) is 33.8. The fourth-order valence-corrected chi connectivity index (χ4v) is 1.44. The minimum Gasteiger partial charge on any atom is -0.354 e.